The molecule has 0 aliphatic carbocycles. The molecular formula is C22H20N4O. The molecule has 134 valence electrons. The highest BCUT2D eigenvalue weighted by Gasteiger charge is 2.14. The average Bonchev–Trinajstić information content (AvgIpc) is 3.18. The topological polar surface area (TPSA) is 83.8 Å². The van der Waals surface area contributed by atoms with Crippen LogP contribution in [0.4, 0.5) is 5.69 Å². The minimum atomic E-state index is -0.591. The molecule has 2 aromatic heterocycles. The van der Waals surface area contributed by atoms with Crippen molar-refractivity contribution in [2.45, 2.75) is 12.5 Å². The van der Waals surface area contributed by atoms with Crippen LogP contribution in [0.5, 0.6) is 0 Å². The highest BCUT2D eigenvalue weighted by Crippen LogP contribution is 2.27. The van der Waals surface area contributed by atoms with Gasteiger partial charge in [0.2, 0.25) is 5.91 Å². The van der Waals surface area contributed by atoms with E-state index in [1.54, 1.807) is 6.20 Å². The molecule has 0 bridgehead atoms. The Hall–Kier alpha value is -3.44. The molecule has 0 saturated heterocycles. The molecule has 0 unspecified atom stereocenters. The molecule has 4 aromatic rings. The van der Waals surface area contributed by atoms with Gasteiger partial charge in [0.15, 0.2) is 0 Å². The second-order valence-corrected chi connectivity index (χ2v) is 6.46. The van der Waals surface area contributed by atoms with Crippen molar-refractivity contribution in [1.82, 2.24) is 9.97 Å². The lowest BCUT2D eigenvalue weighted by molar-refractivity contribution is -0.117. The van der Waals surface area contributed by atoms with Crippen LogP contribution in [0.1, 0.15) is 5.56 Å². The molecule has 2 heterocycles. The number of carbonyl (C=O) groups is 1. The van der Waals surface area contributed by atoms with Crippen molar-refractivity contribution in [2.24, 2.45) is 5.73 Å². The standard InChI is InChI=1S/C22H20N4O/c23-20(14-15-4-2-1-3-5-15)22(27)26-17-8-6-16(7-9-17)18-10-12-24-21-19(18)11-13-25-21/h1-13,20H,14,23H2,(H,24,25)(H,26,27)/t20-/m0/s1. The number of pyridine rings is 1. The van der Waals surface area contributed by atoms with E-state index in [9.17, 15) is 4.79 Å². The number of hydrogen-bond acceptors (Lipinski definition) is 3. The van der Waals surface area contributed by atoms with E-state index in [-0.39, 0.29) is 5.91 Å². The lowest BCUT2D eigenvalue weighted by atomic mass is 10.0. The number of hydrogen-bond donors (Lipinski definition) is 3. The number of carbonyl (C=O) groups excluding carboxylic acids is 1. The molecule has 1 atom stereocenters. The predicted octanol–water partition coefficient (Wildman–Crippen LogP) is 3.74. The number of anilines is 1. The highest BCUT2D eigenvalue weighted by molar-refractivity contribution is 5.96. The molecule has 0 radical (unpaired) electrons. The predicted molar refractivity (Wildman–Crippen MR) is 108 cm³/mol. The Balaban J connectivity index is 1.46. The first-order chi connectivity index (χ1) is 13.2. The number of H-pyrrole nitrogens is 1. The zero-order valence-electron chi connectivity index (χ0n) is 14.7. The van der Waals surface area contributed by atoms with E-state index in [1.807, 2.05) is 72.9 Å². The zero-order valence-corrected chi connectivity index (χ0v) is 14.7. The van der Waals surface area contributed by atoms with E-state index in [1.165, 1.54) is 0 Å². The second kappa shape index (κ2) is 7.43. The number of rotatable bonds is 5. The third kappa shape index (κ3) is 3.73. The van der Waals surface area contributed by atoms with Gasteiger partial charge in [-0.3, -0.25) is 4.79 Å². The normalized spacial score (nSPS) is 12.0. The van der Waals surface area contributed by atoms with Crippen molar-refractivity contribution < 1.29 is 4.79 Å². The molecule has 0 fully saturated rings. The van der Waals surface area contributed by atoms with Gasteiger partial charge in [-0.1, -0.05) is 42.5 Å². The van der Waals surface area contributed by atoms with Crippen LogP contribution in [-0.2, 0) is 11.2 Å². The van der Waals surface area contributed by atoms with Crippen LogP contribution in [-0.4, -0.2) is 21.9 Å². The van der Waals surface area contributed by atoms with Gasteiger partial charge in [0.25, 0.3) is 0 Å². The minimum absolute atomic E-state index is 0.191. The summed E-state index contributed by atoms with van der Waals surface area (Å²) in [7, 11) is 0. The Bertz CT molecular complexity index is 1050. The van der Waals surface area contributed by atoms with Gasteiger partial charge in [-0.05, 0) is 47.4 Å². The van der Waals surface area contributed by atoms with Gasteiger partial charge in [-0.2, -0.15) is 0 Å². The lowest BCUT2D eigenvalue weighted by Gasteiger charge is -2.13. The Kier molecular flexibility index (Phi) is 4.68. The molecule has 0 saturated carbocycles. The summed E-state index contributed by atoms with van der Waals surface area (Å²) >= 11 is 0. The van der Waals surface area contributed by atoms with Crippen LogP contribution in [0.2, 0.25) is 0 Å². The summed E-state index contributed by atoms with van der Waals surface area (Å²) in [6.07, 6.45) is 4.17. The molecule has 2 aromatic carbocycles. The first-order valence-electron chi connectivity index (χ1n) is 8.83. The van der Waals surface area contributed by atoms with E-state index in [2.05, 4.69) is 15.3 Å². The zero-order chi connectivity index (χ0) is 18.6. The Morgan fingerprint density at radius 1 is 1.04 bits per heavy atom. The van der Waals surface area contributed by atoms with Crippen LogP contribution in [0.15, 0.2) is 79.1 Å². The van der Waals surface area contributed by atoms with Crippen molar-refractivity contribution in [3.8, 4) is 11.1 Å². The number of nitrogens with one attached hydrogen (secondary N) is 2. The molecule has 0 aliphatic heterocycles. The molecule has 0 spiro atoms. The van der Waals surface area contributed by atoms with Gasteiger partial charge < -0.3 is 16.0 Å². The number of nitrogens with zero attached hydrogens (tertiary/aromatic N) is 1. The number of nitrogens with two attached hydrogens (primary N) is 1. The number of fused-ring (bicyclic) bond motifs is 1. The molecule has 5 heteroatoms. The van der Waals surface area contributed by atoms with Gasteiger partial charge in [0.05, 0.1) is 6.04 Å². The fourth-order valence-electron chi connectivity index (χ4n) is 3.14. The summed E-state index contributed by atoms with van der Waals surface area (Å²) in [5.74, 6) is -0.191. The summed E-state index contributed by atoms with van der Waals surface area (Å²) in [4.78, 5) is 19.8. The molecular weight excluding hydrogens is 336 g/mol. The quantitative estimate of drug-likeness (QED) is 0.509. The summed E-state index contributed by atoms with van der Waals surface area (Å²) < 4.78 is 0. The maximum atomic E-state index is 12.4. The summed E-state index contributed by atoms with van der Waals surface area (Å²) in [6, 6.07) is 20.9. The first kappa shape index (κ1) is 17.0. The lowest BCUT2D eigenvalue weighted by Crippen LogP contribution is -2.37. The van der Waals surface area contributed by atoms with Crippen LogP contribution < -0.4 is 11.1 Å². The van der Waals surface area contributed by atoms with Gasteiger partial charge in [-0.25, -0.2) is 4.98 Å². The van der Waals surface area contributed by atoms with Crippen LogP contribution in [0.3, 0.4) is 0 Å². The third-order valence-corrected chi connectivity index (χ3v) is 4.56. The Morgan fingerprint density at radius 2 is 1.81 bits per heavy atom. The molecule has 4 rings (SSSR count). The van der Waals surface area contributed by atoms with Gasteiger partial charge in [-0.15, -0.1) is 0 Å². The number of aromatic amines is 1. The van der Waals surface area contributed by atoms with E-state index < -0.39 is 6.04 Å². The van der Waals surface area contributed by atoms with E-state index in [4.69, 9.17) is 5.73 Å². The maximum Gasteiger partial charge on any atom is 0.241 e. The van der Waals surface area contributed by atoms with E-state index in [0.717, 1.165) is 33.4 Å². The average molecular weight is 356 g/mol. The summed E-state index contributed by atoms with van der Waals surface area (Å²) in [6.45, 7) is 0. The van der Waals surface area contributed by atoms with Gasteiger partial charge in [0, 0.05) is 23.5 Å². The molecule has 5 nitrogen and oxygen atoms in total. The molecule has 1 amide bonds. The van der Waals surface area contributed by atoms with E-state index in [0.29, 0.717) is 6.42 Å². The smallest absolute Gasteiger partial charge is 0.241 e. The van der Waals surface area contributed by atoms with Crippen LogP contribution in [0.25, 0.3) is 22.2 Å². The largest absolute Gasteiger partial charge is 0.346 e. The van der Waals surface area contributed by atoms with Crippen molar-refractivity contribution in [1.29, 1.82) is 0 Å². The van der Waals surface area contributed by atoms with Crippen LogP contribution >= 0.6 is 0 Å². The first-order valence-corrected chi connectivity index (χ1v) is 8.83. The van der Waals surface area contributed by atoms with Crippen molar-refractivity contribution >= 4 is 22.6 Å². The number of aromatic nitrogens is 2. The Labute approximate surface area is 157 Å². The number of amides is 1. The molecule has 4 N–H and O–H groups in total. The molecule has 27 heavy (non-hydrogen) atoms. The third-order valence-electron chi connectivity index (χ3n) is 4.56. The Morgan fingerprint density at radius 3 is 2.59 bits per heavy atom. The minimum Gasteiger partial charge on any atom is -0.346 e. The SMILES string of the molecule is N[C@@H](Cc1ccccc1)C(=O)Nc1ccc(-c2ccnc3[nH]ccc23)cc1. The fourth-order valence-corrected chi connectivity index (χ4v) is 3.14. The fraction of sp³-hybridized carbons (Fsp3) is 0.0909. The van der Waals surface area contributed by atoms with Crippen molar-refractivity contribution in [3.63, 3.8) is 0 Å². The second-order valence-electron chi connectivity index (χ2n) is 6.46. The van der Waals surface area contributed by atoms with Gasteiger partial charge in [0.1, 0.15) is 5.65 Å². The van der Waals surface area contributed by atoms with Crippen molar-refractivity contribution in [3.05, 3.63) is 84.7 Å². The monoisotopic (exact) mass is 356 g/mol. The van der Waals surface area contributed by atoms with Gasteiger partial charge >= 0.3 is 0 Å². The number of benzene rings is 2. The highest BCUT2D eigenvalue weighted by atomic mass is 16.2. The van der Waals surface area contributed by atoms with Crippen LogP contribution in [0, 0.1) is 0 Å². The van der Waals surface area contributed by atoms with Crippen molar-refractivity contribution in [2.75, 3.05) is 5.32 Å². The molecule has 0 aliphatic rings. The summed E-state index contributed by atoms with van der Waals surface area (Å²) in [5.41, 5.74) is 10.8. The van der Waals surface area contributed by atoms with E-state index >= 15 is 0 Å². The summed E-state index contributed by atoms with van der Waals surface area (Å²) in [5, 5.41) is 3.96. The maximum absolute atomic E-state index is 12.4.